The van der Waals surface area contributed by atoms with Crippen molar-refractivity contribution >= 4 is 52.4 Å². The number of rotatable bonds is 17. The maximum Gasteiger partial charge on any atom is 0.251 e. The van der Waals surface area contributed by atoms with Crippen LogP contribution in [0.5, 0.6) is 17.2 Å². The summed E-state index contributed by atoms with van der Waals surface area (Å²) in [6, 6.07) is 32.5. The van der Waals surface area contributed by atoms with Crippen LogP contribution in [0.1, 0.15) is 39.0 Å². The van der Waals surface area contributed by atoms with E-state index in [1.807, 2.05) is 118 Å². The Hall–Kier alpha value is -5.59. The first-order valence-electron chi connectivity index (χ1n) is 19.3. The van der Waals surface area contributed by atoms with E-state index in [0.717, 1.165) is 90.1 Å². The number of carbonyl (C=O) groups is 4. The predicted molar refractivity (Wildman–Crippen MR) is 231 cm³/mol. The molecule has 0 atom stereocenters. The minimum Gasteiger partial charge on any atom is -0.486 e. The van der Waals surface area contributed by atoms with Crippen LogP contribution in [0.2, 0.25) is 0 Å². The second kappa shape index (κ2) is 24.9. The fourth-order valence-corrected chi connectivity index (χ4v) is 6.18. The molecule has 5 aromatic rings. The van der Waals surface area contributed by atoms with Crippen molar-refractivity contribution in [3.05, 3.63) is 131 Å². The largest absolute Gasteiger partial charge is 0.486 e. The molecule has 11 nitrogen and oxygen atoms in total. The summed E-state index contributed by atoms with van der Waals surface area (Å²) in [5, 5.41) is 10.8. The molecule has 12 heteroatoms. The number of hydrogen-bond donors (Lipinski definition) is 3. The van der Waals surface area contributed by atoms with E-state index in [4.69, 9.17) is 25.8 Å². The average molecular weight is 809 g/mol. The molecule has 0 radical (unpaired) electrons. The molecule has 58 heavy (non-hydrogen) atoms. The zero-order valence-electron chi connectivity index (χ0n) is 33.4. The third-order valence-electron chi connectivity index (χ3n) is 9.01. The molecule has 5 aromatic carbocycles. The van der Waals surface area contributed by atoms with Gasteiger partial charge < -0.3 is 39.9 Å². The van der Waals surface area contributed by atoms with Gasteiger partial charge in [-0.2, -0.15) is 0 Å². The van der Waals surface area contributed by atoms with Gasteiger partial charge in [0.25, 0.3) is 5.91 Å². The number of hydrogen-bond acceptors (Lipinski definition) is 9. The molecule has 6 rings (SSSR count). The molecule has 2 amide bonds. The number of benzene rings is 5. The number of nitrogens with zero attached hydrogens (tertiary/aromatic N) is 1. The van der Waals surface area contributed by atoms with Crippen LogP contribution >= 0.6 is 11.6 Å². The second-order valence-electron chi connectivity index (χ2n) is 13.4. The van der Waals surface area contributed by atoms with Gasteiger partial charge in [-0.25, -0.2) is 0 Å². The molecule has 0 fully saturated rings. The lowest BCUT2D eigenvalue weighted by Crippen LogP contribution is -2.36. The van der Waals surface area contributed by atoms with E-state index >= 15 is 0 Å². The molecule has 306 valence electrons. The van der Waals surface area contributed by atoms with Crippen LogP contribution < -0.4 is 30.3 Å². The standard InChI is InChI=1S/C27H23NO3.C13H14ClNO3.C6H16N2O/c1-19-8-11-24(12-9-19)31-26-7-3-6-22-17-23(10-13-25(22)26)27(30)28-18-21-5-2-4-20(16-21)14-15-29;14-9-13(17)15-5-1-2-10-8-11(18-7-6-16)3-4-12(10)15;1-7-3-5-9-6-4-8-2/h2-13,15-17H,14,18H2,1H3,(H,28,30);3-4,6,8H,1-2,5,7,9H2;7-8H,3-6H2,1-2H3. The van der Waals surface area contributed by atoms with Crippen molar-refractivity contribution in [2.24, 2.45) is 0 Å². The van der Waals surface area contributed by atoms with E-state index in [1.165, 1.54) is 5.56 Å². The third kappa shape index (κ3) is 14.4. The quantitative estimate of drug-likeness (QED) is 0.0525. The molecule has 0 spiro atoms. The molecule has 0 unspecified atom stereocenters. The van der Waals surface area contributed by atoms with Gasteiger partial charge in [-0.15, -0.1) is 11.6 Å². The van der Waals surface area contributed by atoms with Gasteiger partial charge >= 0.3 is 0 Å². The zero-order valence-corrected chi connectivity index (χ0v) is 34.2. The number of alkyl halides is 1. The second-order valence-corrected chi connectivity index (χ2v) is 13.6. The van der Waals surface area contributed by atoms with Crippen molar-refractivity contribution in [3.8, 4) is 17.2 Å². The van der Waals surface area contributed by atoms with Crippen molar-refractivity contribution in [1.82, 2.24) is 16.0 Å². The Kier molecular flexibility index (Phi) is 19.4. The van der Waals surface area contributed by atoms with Crippen LogP contribution in [0.25, 0.3) is 10.8 Å². The molecule has 0 aromatic heterocycles. The molecule has 0 saturated heterocycles. The summed E-state index contributed by atoms with van der Waals surface area (Å²) in [5.74, 6) is 1.94. The van der Waals surface area contributed by atoms with E-state index in [0.29, 0.717) is 37.1 Å². The highest BCUT2D eigenvalue weighted by Crippen LogP contribution is 2.32. The number of aldehydes is 2. The lowest BCUT2D eigenvalue weighted by molar-refractivity contribution is -0.116. The van der Waals surface area contributed by atoms with Gasteiger partial charge in [-0.1, -0.05) is 54.1 Å². The number of carbonyl (C=O) groups excluding carboxylic acids is 4. The van der Waals surface area contributed by atoms with E-state index in [-0.39, 0.29) is 24.3 Å². The molecular weight excluding hydrogens is 756 g/mol. The van der Waals surface area contributed by atoms with E-state index in [2.05, 4.69) is 16.0 Å². The monoisotopic (exact) mass is 808 g/mol. The molecule has 0 aliphatic carbocycles. The lowest BCUT2D eigenvalue weighted by atomic mass is 10.0. The highest BCUT2D eigenvalue weighted by molar-refractivity contribution is 6.29. The van der Waals surface area contributed by atoms with Crippen LogP contribution in [0, 0.1) is 6.92 Å². The van der Waals surface area contributed by atoms with Crippen molar-refractivity contribution in [2.45, 2.75) is 32.7 Å². The smallest absolute Gasteiger partial charge is 0.251 e. The van der Waals surface area contributed by atoms with Crippen LogP contribution in [0.4, 0.5) is 5.69 Å². The first-order chi connectivity index (χ1) is 28.3. The average Bonchev–Trinajstić information content (AvgIpc) is 3.25. The molecule has 1 aliphatic heterocycles. The topological polar surface area (TPSA) is 135 Å². The van der Waals surface area contributed by atoms with Gasteiger partial charge in [-0.05, 0) is 111 Å². The predicted octanol–water partition coefficient (Wildman–Crippen LogP) is 6.84. The van der Waals surface area contributed by atoms with Gasteiger partial charge in [0.2, 0.25) is 5.91 Å². The first kappa shape index (κ1) is 45.1. The summed E-state index contributed by atoms with van der Waals surface area (Å²) in [7, 11) is 3.84. The molecule has 0 bridgehead atoms. The van der Waals surface area contributed by atoms with Crippen molar-refractivity contribution < 1.29 is 33.4 Å². The van der Waals surface area contributed by atoms with Crippen molar-refractivity contribution in [3.63, 3.8) is 0 Å². The molecule has 0 saturated carbocycles. The Bertz CT molecular complexity index is 2070. The number of fused-ring (bicyclic) bond motifs is 2. The van der Waals surface area contributed by atoms with Crippen LogP contribution in [0.15, 0.2) is 103 Å². The summed E-state index contributed by atoms with van der Waals surface area (Å²) in [5.41, 5.74) is 5.62. The summed E-state index contributed by atoms with van der Waals surface area (Å²) < 4.78 is 16.5. The third-order valence-corrected chi connectivity index (χ3v) is 9.24. The number of ether oxygens (including phenoxy) is 3. The zero-order chi connectivity index (χ0) is 41.5. The maximum atomic E-state index is 12.7. The normalized spacial score (nSPS) is 11.6. The van der Waals surface area contributed by atoms with Gasteiger partial charge in [0.1, 0.15) is 36.0 Å². The van der Waals surface area contributed by atoms with Crippen LogP contribution in [-0.2, 0) is 38.5 Å². The Labute approximate surface area is 346 Å². The van der Waals surface area contributed by atoms with Crippen molar-refractivity contribution in [2.75, 3.05) is 64.3 Å². The van der Waals surface area contributed by atoms with Gasteiger partial charge in [0.05, 0.1) is 13.2 Å². The van der Waals surface area contributed by atoms with Crippen LogP contribution in [0.3, 0.4) is 0 Å². The molecule has 1 heterocycles. The molecular formula is C46H53ClN4O7. The van der Waals surface area contributed by atoms with Gasteiger partial charge in [0.15, 0.2) is 6.29 Å². The number of aryl methyl sites for hydroxylation is 2. The Morgan fingerprint density at radius 3 is 2.24 bits per heavy atom. The SMILES string of the molecule is CNCCOCCNC.Cc1ccc(Oc2cccc3cc(C(=O)NCc4cccc(CC=O)c4)ccc23)cc1.O=CCOc1ccc2c(c1)CCCN2C(=O)CCl. The number of amides is 2. The van der Waals surface area contributed by atoms with Gasteiger partial charge in [-0.3, -0.25) is 14.4 Å². The van der Waals surface area contributed by atoms with E-state index in [1.54, 1.807) is 11.0 Å². The van der Waals surface area contributed by atoms with E-state index < -0.39 is 0 Å². The van der Waals surface area contributed by atoms with Crippen molar-refractivity contribution in [1.29, 1.82) is 0 Å². The number of halogens is 1. The lowest BCUT2D eigenvalue weighted by Gasteiger charge is -2.29. The first-order valence-corrected chi connectivity index (χ1v) is 19.8. The molecule has 1 aliphatic rings. The minimum atomic E-state index is -0.146. The fraction of sp³-hybridized carbons (Fsp3) is 0.304. The summed E-state index contributed by atoms with van der Waals surface area (Å²) in [6.07, 6.45) is 3.78. The Balaban J connectivity index is 0.000000231. The van der Waals surface area contributed by atoms with Gasteiger partial charge in [0, 0.05) is 49.2 Å². The summed E-state index contributed by atoms with van der Waals surface area (Å²) in [6.45, 7) is 6.66. The Morgan fingerprint density at radius 1 is 0.810 bits per heavy atom. The molecule has 3 N–H and O–H groups in total. The summed E-state index contributed by atoms with van der Waals surface area (Å²) >= 11 is 5.60. The number of likely N-dealkylation sites (N-methyl/N-ethyl adjacent to an activating group) is 2. The highest BCUT2D eigenvalue weighted by atomic mass is 35.5. The maximum absolute atomic E-state index is 12.7. The number of anilines is 1. The van der Waals surface area contributed by atoms with E-state index in [9.17, 15) is 19.2 Å². The minimum absolute atomic E-state index is 0.0111. The summed E-state index contributed by atoms with van der Waals surface area (Å²) in [4.78, 5) is 47.0. The fourth-order valence-electron chi connectivity index (χ4n) is 6.04. The Morgan fingerprint density at radius 2 is 1.53 bits per heavy atom. The number of nitrogens with one attached hydrogen (secondary N) is 3. The highest BCUT2D eigenvalue weighted by Gasteiger charge is 2.22. The van der Waals surface area contributed by atoms with Crippen LogP contribution in [-0.4, -0.2) is 83.8 Å².